The number of nitrogens with zero attached hydrogens (tertiary/aromatic N) is 1. The van der Waals surface area contributed by atoms with Crippen molar-refractivity contribution < 1.29 is 0 Å². The maximum atomic E-state index is 5.26. The largest absolute Gasteiger partial charge is 0.348 e. The fourth-order valence-electron chi connectivity index (χ4n) is 0.624. The molecular formula is C5H14BN2. The third-order valence-corrected chi connectivity index (χ3v) is 0.993. The monoisotopic (exact) mass is 113 g/mol. The number of hydrogen-bond donors (Lipinski definition) is 1. The molecule has 0 aromatic heterocycles. The highest BCUT2D eigenvalue weighted by Gasteiger charge is 1.93. The van der Waals surface area contributed by atoms with E-state index in [2.05, 4.69) is 11.7 Å². The van der Waals surface area contributed by atoms with Gasteiger partial charge in [0.2, 0.25) is 7.41 Å². The molecule has 0 unspecified atom stereocenters. The van der Waals surface area contributed by atoms with E-state index in [0.717, 1.165) is 6.54 Å². The SMILES string of the molecule is CCCN(C)[B]CN. The average molecular weight is 113 g/mol. The highest BCUT2D eigenvalue weighted by atomic mass is 15.0. The van der Waals surface area contributed by atoms with Crippen LogP contribution in [0.2, 0.25) is 0 Å². The third kappa shape index (κ3) is 4.15. The second kappa shape index (κ2) is 5.13. The van der Waals surface area contributed by atoms with Crippen molar-refractivity contribution >= 4 is 7.41 Å². The fraction of sp³-hybridized carbons (Fsp3) is 1.00. The summed E-state index contributed by atoms with van der Waals surface area (Å²) < 4.78 is 0. The molecule has 0 saturated heterocycles. The van der Waals surface area contributed by atoms with Gasteiger partial charge in [-0.1, -0.05) is 6.92 Å². The molecule has 0 aliphatic rings. The lowest BCUT2D eigenvalue weighted by molar-refractivity contribution is 0.527. The van der Waals surface area contributed by atoms with Crippen LogP contribution < -0.4 is 5.73 Å². The molecule has 0 rings (SSSR count). The molecule has 0 spiro atoms. The summed E-state index contributed by atoms with van der Waals surface area (Å²) in [6.45, 7) is 3.26. The van der Waals surface area contributed by atoms with Crippen molar-refractivity contribution in [3.8, 4) is 0 Å². The molecule has 2 N–H and O–H groups in total. The summed E-state index contributed by atoms with van der Waals surface area (Å²) in [7, 11) is 4.03. The van der Waals surface area contributed by atoms with Gasteiger partial charge in [0.1, 0.15) is 0 Å². The first-order valence-electron chi connectivity index (χ1n) is 3.05. The van der Waals surface area contributed by atoms with Crippen molar-refractivity contribution in [2.75, 3.05) is 20.0 Å². The Balaban J connectivity index is 2.92. The van der Waals surface area contributed by atoms with E-state index < -0.39 is 0 Å². The summed E-state index contributed by atoms with van der Waals surface area (Å²) in [6.07, 6.45) is 1.84. The van der Waals surface area contributed by atoms with Gasteiger partial charge < -0.3 is 10.5 Å². The summed E-state index contributed by atoms with van der Waals surface area (Å²) in [5, 5.41) is 0. The van der Waals surface area contributed by atoms with Crippen LogP contribution in [-0.2, 0) is 0 Å². The molecule has 0 aromatic carbocycles. The zero-order valence-electron chi connectivity index (χ0n) is 5.72. The highest BCUT2D eigenvalue weighted by Crippen LogP contribution is 1.79. The van der Waals surface area contributed by atoms with Crippen molar-refractivity contribution in [2.24, 2.45) is 5.73 Å². The molecule has 1 radical (unpaired) electrons. The molecule has 0 aliphatic heterocycles. The highest BCUT2D eigenvalue weighted by molar-refractivity contribution is 6.31. The van der Waals surface area contributed by atoms with E-state index in [1.807, 2.05) is 14.5 Å². The van der Waals surface area contributed by atoms with Gasteiger partial charge in [-0.2, -0.15) is 0 Å². The van der Waals surface area contributed by atoms with Crippen LogP contribution in [0.4, 0.5) is 0 Å². The van der Waals surface area contributed by atoms with Crippen molar-refractivity contribution in [3.63, 3.8) is 0 Å². The molecule has 8 heavy (non-hydrogen) atoms. The van der Waals surface area contributed by atoms with Gasteiger partial charge in [-0.25, -0.2) is 0 Å². The minimum absolute atomic E-state index is 0.649. The van der Waals surface area contributed by atoms with Gasteiger partial charge >= 0.3 is 0 Å². The molecule has 0 fully saturated rings. The first kappa shape index (κ1) is 7.98. The van der Waals surface area contributed by atoms with E-state index >= 15 is 0 Å². The Bertz CT molecular complexity index is 43.7. The van der Waals surface area contributed by atoms with E-state index in [0.29, 0.717) is 6.44 Å². The standard InChI is InChI=1S/C5H14BN2/c1-3-4-8(2)6-5-7/h3-5,7H2,1-2H3. The van der Waals surface area contributed by atoms with Crippen molar-refractivity contribution in [2.45, 2.75) is 13.3 Å². The molecule has 0 atom stereocenters. The van der Waals surface area contributed by atoms with Gasteiger partial charge in [-0.3, -0.25) is 0 Å². The lowest BCUT2D eigenvalue weighted by Crippen LogP contribution is -2.29. The minimum Gasteiger partial charge on any atom is -0.348 e. The maximum Gasteiger partial charge on any atom is 0.223 e. The smallest absolute Gasteiger partial charge is 0.223 e. The van der Waals surface area contributed by atoms with Crippen molar-refractivity contribution in [3.05, 3.63) is 0 Å². The third-order valence-electron chi connectivity index (χ3n) is 0.993. The molecule has 0 aromatic rings. The van der Waals surface area contributed by atoms with Gasteiger partial charge in [0, 0.05) is 0 Å². The summed E-state index contributed by atoms with van der Waals surface area (Å²) in [5.74, 6) is 0. The molecule has 0 saturated carbocycles. The summed E-state index contributed by atoms with van der Waals surface area (Å²) in [6, 6.07) is 0. The predicted octanol–water partition coefficient (Wildman–Crippen LogP) is -0.136. The quantitative estimate of drug-likeness (QED) is 0.514. The molecule has 0 aliphatic carbocycles. The Kier molecular flexibility index (Phi) is 5.12. The predicted molar refractivity (Wildman–Crippen MR) is 37.7 cm³/mol. The lowest BCUT2D eigenvalue weighted by atomic mass is 9.93. The number of nitrogens with two attached hydrogens (primary N) is 1. The van der Waals surface area contributed by atoms with Crippen LogP contribution >= 0.6 is 0 Å². The Morgan fingerprint density at radius 1 is 1.62 bits per heavy atom. The topological polar surface area (TPSA) is 29.3 Å². The van der Waals surface area contributed by atoms with Crippen LogP contribution in [0.15, 0.2) is 0 Å². The van der Waals surface area contributed by atoms with E-state index in [-0.39, 0.29) is 0 Å². The molecular weight excluding hydrogens is 98.9 g/mol. The summed E-state index contributed by atoms with van der Waals surface area (Å²) in [5.41, 5.74) is 5.26. The maximum absolute atomic E-state index is 5.26. The van der Waals surface area contributed by atoms with Crippen LogP contribution in [0.5, 0.6) is 0 Å². The van der Waals surface area contributed by atoms with Crippen LogP contribution in [0.1, 0.15) is 13.3 Å². The molecule has 47 valence electrons. The van der Waals surface area contributed by atoms with E-state index in [4.69, 9.17) is 5.73 Å². The van der Waals surface area contributed by atoms with Gasteiger partial charge in [0.05, 0.1) is 0 Å². The van der Waals surface area contributed by atoms with E-state index in [1.165, 1.54) is 6.42 Å². The zero-order valence-corrected chi connectivity index (χ0v) is 5.72. The van der Waals surface area contributed by atoms with Crippen LogP contribution in [0.3, 0.4) is 0 Å². The van der Waals surface area contributed by atoms with Crippen LogP contribution in [0.25, 0.3) is 0 Å². The van der Waals surface area contributed by atoms with E-state index in [1.54, 1.807) is 0 Å². The Labute approximate surface area is 52.3 Å². The van der Waals surface area contributed by atoms with Gasteiger partial charge in [0.15, 0.2) is 0 Å². The van der Waals surface area contributed by atoms with Crippen LogP contribution in [-0.4, -0.2) is 32.3 Å². The minimum atomic E-state index is 0.649. The first-order valence-corrected chi connectivity index (χ1v) is 3.05. The summed E-state index contributed by atoms with van der Waals surface area (Å²) >= 11 is 0. The van der Waals surface area contributed by atoms with Crippen LogP contribution in [0, 0.1) is 0 Å². The molecule has 2 nitrogen and oxygen atoms in total. The zero-order chi connectivity index (χ0) is 6.41. The number of rotatable bonds is 4. The second-order valence-corrected chi connectivity index (χ2v) is 1.90. The summed E-state index contributed by atoms with van der Waals surface area (Å²) in [4.78, 5) is 2.11. The van der Waals surface area contributed by atoms with Crippen molar-refractivity contribution in [1.29, 1.82) is 0 Å². The van der Waals surface area contributed by atoms with Gasteiger partial charge in [-0.05, 0) is 26.5 Å². The normalized spacial score (nSPS) is 10.0. The Hall–Kier alpha value is -0.0151. The second-order valence-electron chi connectivity index (χ2n) is 1.90. The first-order chi connectivity index (χ1) is 3.81. The average Bonchev–Trinajstić information content (AvgIpc) is 1.68. The molecule has 0 amide bonds. The Morgan fingerprint density at radius 3 is 2.62 bits per heavy atom. The Morgan fingerprint density at radius 2 is 2.25 bits per heavy atom. The molecule has 0 heterocycles. The van der Waals surface area contributed by atoms with Gasteiger partial charge in [0.25, 0.3) is 0 Å². The van der Waals surface area contributed by atoms with E-state index in [9.17, 15) is 0 Å². The fourth-order valence-corrected chi connectivity index (χ4v) is 0.624. The lowest BCUT2D eigenvalue weighted by Gasteiger charge is -2.11. The number of hydrogen-bond acceptors (Lipinski definition) is 2. The molecule has 0 bridgehead atoms. The van der Waals surface area contributed by atoms with Crippen molar-refractivity contribution in [1.82, 2.24) is 4.81 Å². The van der Waals surface area contributed by atoms with Gasteiger partial charge in [-0.15, -0.1) is 0 Å². The molecule has 3 heteroatoms.